The number of allylic oxidation sites excluding steroid dienone is 9. The quantitative estimate of drug-likeness (QED) is 0.256. The Bertz CT molecular complexity index is 1940. The van der Waals surface area contributed by atoms with E-state index in [1.54, 1.807) is 0 Å². The second kappa shape index (κ2) is 11.0. The number of aromatic nitrogens is 3. The SMILES string of the molecule is CC1=C(C)NC2=NC(=C(C#N)c3nc(C(C#N)=C4N=C5NC(C)=C(C)NC5=N4)nc(C(C#N)=C4N=C5NC(C)=C(C)NC5=N4)n3)N=C2N1. The lowest BCUT2D eigenvalue weighted by molar-refractivity contribution is 0.961. The highest BCUT2D eigenvalue weighted by Crippen LogP contribution is 2.29. The van der Waals surface area contributed by atoms with Crippen molar-refractivity contribution >= 4 is 51.7 Å². The van der Waals surface area contributed by atoms with E-state index in [4.69, 9.17) is 0 Å². The Kier molecular flexibility index (Phi) is 6.73. The van der Waals surface area contributed by atoms with E-state index in [2.05, 4.69) is 95.0 Å². The summed E-state index contributed by atoms with van der Waals surface area (Å²) < 4.78 is 0. The summed E-state index contributed by atoms with van der Waals surface area (Å²) in [5, 5.41) is 50.0. The van der Waals surface area contributed by atoms with Crippen molar-refractivity contribution in [1.82, 2.24) is 46.9 Å². The number of hydrogen-bond acceptors (Lipinski definition) is 18. The molecule has 0 atom stereocenters. The van der Waals surface area contributed by atoms with Gasteiger partial charge in [0.05, 0.1) is 0 Å². The van der Waals surface area contributed by atoms with Crippen LogP contribution in [0.25, 0.3) is 16.7 Å². The zero-order valence-electron chi connectivity index (χ0n) is 26.4. The predicted molar refractivity (Wildman–Crippen MR) is 176 cm³/mol. The smallest absolute Gasteiger partial charge is 0.178 e. The van der Waals surface area contributed by atoms with Gasteiger partial charge in [-0.05, 0) is 41.5 Å². The molecule has 0 bridgehead atoms. The molecule has 7 rings (SSSR count). The third kappa shape index (κ3) is 4.84. The van der Waals surface area contributed by atoms with Crippen molar-refractivity contribution in [3.63, 3.8) is 0 Å². The van der Waals surface area contributed by atoms with Gasteiger partial charge in [0.1, 0.15) is 34.9 Å². The van der Waals surface area contributed by atoms with Crippen LogP contribution < -0.4 is 31.9 Å². The van der Waals surface area contributed by atoms with E-state index in [0.29, 0.717) is 35.0 Å². The molecule has 1 aromatic rings. The first-order chi connectivity index (χ1) is 23.1. The highest BCUT2D eigenvalue weighted by molar-refractivity contribution is 6.44. The Morgan fingerprint density at radius 1 is 0.375 bits per heavy atom. The Balaban J connectivity index is 1.42. The van der Waals surface area contributed by atoms with Gasteiger partial charge in [-0.3, -0.25) is 0 Å². The molecule has 0 radical (unpaired) electrons. The van der Waals surface area contributed by atoms with Gasteiger partial charge in [-0.25, -0.2) is 44.9 Å². The third-order valence-electron chi connectivity index (χ3n) is 7.81. The molecule has 0 aromatic carbocycles. The molecule has 1 aromatic heterocycles. The van der Waals surface area contributed by atoms with Gasteiger partial charge in [0.2, 0.25) is 0 Å². The van der Waals surface area contributed by atoms with Gasteiger partial charge in [-0.2, -0.15) is 15.8 Å². The van der Waals surface area contributed by atoms with Crippen LogP contribution in [-0.4, -0.2) is 50.0 Å². The fourth-order valence-electron chi connectivity index (χ4n) is 4.83. The summed E-state index contributed by atoms with van der Waals surface area (Å²) in [5.41, 5.74) is 4.61. The van der Waals surface area contributed by atoms with Crippen molar-refractivity contribution in [2.24, 2.45) is 30.0 Å². The maximum absolute atomic E-state index is 10.4. The number of amidine groups is 6. The summed E-state index contributed by atoms with van der Waals surface area (Å²) >= 11 is 0. The Morgan fingerprint density at radius 2 is 0.562 bits per heavy atom. The largest absolute Gasteiger partial charge is 0.339 e. The molecular weight excluding hydrogens is 612 g/mol. The van der Waals surface area contributed by atoms with Crippen LogP contribution in [0.1, 0.15) is 59.0 Å². The van der Waals surface area contributed by atoms with E-state index in [0.717, 1.165) is 34.2 Å². The molecule has 18 heteroatoms. The lowest BCUT2D eigenvalue weighted by Gasteiger charge is -2.19. The van der Waals surface area contributed by atoms with Gasteiger partial charge in [-0.1, -0.05) is 0 Å². The van der Waals surface area contributed by atoms with Crippen LogP contribution >= 0.6 is 0 Å². The molecule has 0 fully saturated rings. The number of fused-ring (bicyclic) bond motifs is 3. The highest BCUT2D eigenvalue weighted by Gasteiger charge is 2.31. The molecule has 7 heterocycles. The second-order valence-corrected chi connectivity index (χ2v) is 11.0. The fraction of sp³-hybridized carbons (Fsp3) is 0.200. The maximum Gasteiger partial charge on any atom is 0.178 e. The topological polar surface area (TPSA) is 256 Å². The molecule has 48 heavy (non-hydrogen) atoms. The van der Waals surface area contributed by atoms with Crippen LogP contribution in [-0.2, 0) is 0 Å². The van der Waals surface area contributed by atoms with Crippen molar-refractivity contribution in [2.45, 2.75) is 41.5 Å². The third-order valence-corrected chi connectivity index (χ3v) is 7.81. The minimum Gasteiger partial charge on any atom is -0.339 e. The molecule has 0 aliphatic carbocycles. The highest BCUT2D eigenvalue weighted by atomic mass is 15.3. The lowest BCUT2D eigenvalue weighted by Crippen LogP contribution is -2.43. The molecule has 0 spiro atoms. The first-order valence-electron chi connectivity index (χ1n) is 14.4. The average molecular weight is 637 g/mol. The van der Waals surface area contributed by atoms with Crippen molar-refractivity contribution < 1.29 is 0 Å². The number of hydrogen-bond donors (Lipinski definition) is 6. The van der Waals surface area contributed by atoms with Crippen LogP contribution in [0.4, 0.5) is 0 Å². The van der Waals surface area contributed by atoms with E-state index < -0.39 is 0 Å². The van der Waals surface area contributed by atoms with Gasteiger partial charge in [0, 0.05) is 34.2 Å². The van der Waals surface area contributed by atoms with Gasteiger partial charge < -0.3 is 31.9 Å². The second-order valence-electron chi connectivity index (χ2n) is 11.0. The number of nitrogens with one attached hydrogen (secondary N) is 6. The minimum absolute atomic E-state index is 0.0148. The van der Waals surface area contributed by atoms with E-state index in [9.17, 15) is 15.8 Å². The molecule has 0 unspecified atom stereocenters. The predicted octanol–water partition coefficient (Wildman–Crippen LogP) is 1.21. The summed E-state index contributed by atoms with van der Waals surface area (Å²) in [6.07, 6.45) is 0. The Hall–Kier alpha value is -7.26. The van der Waals surface area contributed by atoms with E-state index >= 15 is 0 Å². The molecule has 6 N–H and O–H groups in total. The van der Waals surface area contributed by atoms with Crippen LogP contribution in [0.3, 0.4) is 0 Å². The Labute approximate surface area is 273 Å². The zero-order valence-corrected chi connectivity index (χ0v) is 26.4. The van der Waals surface area contributed by atoms with Crippen molar-refractivity contribution in [1.29, 1.82) is 15.8 Å². The van der Waals surface area contributed by atoms with E-state index in [1.807, 2.05) is 41.5 Å². The van der Waals surface area contributed by atoms with Gasteiger partial charge >= 0.3 is 0 Å². The van der Waals surface area contributed by atoms with E-state index in [-0.39, 0.29) is 51.7 Å². The van der Waals surface area contributed by atoms with Crippen molar-refractivity contribution in [2.75, 3.05) is 0 Å². The lowest BCUT2D eigenvalue weighted by atomic mass is 10.2. The first kappa shape index (κ1) is 29.5. The maximum atomic E-state index is 10.4. The summed E-state index contributed by atoms with van der Waals surface area (Å²) in [6.45, 7) is 11.2. The molecule has 6 aliphatic rings. The normalized spacial score (nSPS) is 18.7. The number of nitrogens with zero attached hydrogens (tertiary/aromatic N) is 12. The average Bonchev–Trinajstić information content (AvgIpc) is 3.76. The molecule has 0 saturated carbocycles. The van der Waals surface area contributed by atoms with Crippen molar-refractivity contribution in [3.05, 3.63) is 69.1 Å². The standard InChI is InChI=1S/C30H24N18/c1-10-11(2)35-26-25(34-10)43-22(44-26)16(7-31)19-40-20(17(8-32)23-45-27-28(46-23)37-13(4)12(3)36-27)42-21(41-19)18(9-33)24-47-29-30(48-24)39-15(6)14(5)38-29/h1-6H3,(H,34,43)(H,35,44)(H,36,45)(H,37,46)(H,38,47)(H,39,48). The number of rotatable bonds is 3. The first-order valence-corrected chi connectivity index (χ1v) is 14.4. The molecule has 0 saturated heterocycles. The van der Waals surface area contributed by atoms with E-state index in [1.165, 1.54) is 0 Å². The zero-order chi connectivity index (χ0) is 33.9. The molecule has 0 amide bonds. The van der Waals surface area contributed by atoms with Gasteiger partial charge in [0.15, 0.2) is 69.9 Å². The summed E-state index contributed by atoms with van der Waals surface area (Å²) in [4.78, 5) is 40.4. The molecular formula is C30H24N18. The monoisotopic (exact) mass is 636 g/mol. The van der Waals surface area contributed by atoms with Gasteiger partial charge in [0.25, 0.3) is 0 Å². The van der Waals surface area contributed by atoms with Gasteiger partial charge in [-0.15, -0.1) is 0 Å². The van der Waals surface area contributed by atoms with Crippen LogP contribution in [0, 0.1) is 34.0 Å². The number of nitriles is 3. The molecule has 234 valence electrons. The summed E-state index contributed by atoms with van der Waals surface area (Å²) in [7, 11) is 0. The van der Waals surface area contributed by atoms with Crippen molar-refractivity contribution in [3.8, 4) is 18.2 Å². The fourth-order valence-corrected chi connectivity index (χ4v) is 4.83. The molecule has 6 aliphatic heterocycles. The van der Waals surface area contributed by atoms with Crippen LogP contribution in [0.5, 0.6) is 0 Å². The number of aliphatic imine (C=N–C) groups is 6. The van der Waals surface area contributed by atoms with Crippen LogP contribution in [0.15, 0.2) is 81.6 Å². The minimum atomic E-state index is -0.191. The summed E-state index contributed by atoms with van der Waals surface area (Å²) in [5.74, 6) is 1.94. The molecule has 18 nitrogen and oxygen atoms in total. The van der Waals surface area contributed by atoms with Crippen LogP contribution in [0.2, 0.25) is 0 Å². The Morgan fingerprint density at radius 3 is 0.729 bits per heavy atom. The summed E-state index contributed by atoms with van der Waals surface area (Å²) in [6, 6.07) is 6.25.